The van der Waals surface area contributed by atoms with Gasteiger partial charge in [-0.25, -0.2) is 4.79 Å². The molecule has 1 aromatic heterocycles. The minimum absolute atomic E-state index is 0.111. The molecule has 5 nitrogen and oxygen atoms in total. The average Bonchev–Trinajstić information content (AvgIpc) is 3.17. The third-order valence-corrected chi connectivity index (χ3v) is 3.73. The van der Waals surface area contributed by atoms with E-state index in [0.717, 1.165) is 23.8 Å². The van der Waals surface area contributed by atoms with E-state index in [2.05, 4.69) is 10.2 Å². The lowest BCUT2D eigenvalue weighted by Crippen LogP contribution is -2.06. The fourth-order valence-electron chi connectivity index (χ4n) is 2.34. The number of halogens is 3. The number of carbonyl (C=O) groups excluding carboxylic acids is 1. The van der Waals surface area contributed by atoms with E-state index >= 15 is 0 Å². The molecule has 0 aliphatic carbocycles. The maximum Gasteiger partial charge on any atom is 0.416 e. The number of aromatic nitrogens is 2. The van der Waals surface area contributed by atoms with Gasteiger partial charge >= 0.3 is 12.1 Å². The van der Waals surface area contributed by atoms with Crippen LogP contribution in [0.3, 0.4) is 0 Å². The van der Waals surface area contributed by atoms with Crippen LogP contribution in [-0.4, -0.2) is 16.2 Å². The van der Waals surface area contributed by atoms with Crippen molar-refractivity contribution in [2.24, 2.45) is 0 Å². The van der Waals surface area contributed by atoms with Gasteiger partial charge in [-0.05, 0) is 42.8 Å². The van der Waals surface area contributed by atoms with Gasteiger partial charge in [-0.3, -0.25) is 0 Å². The average molecular weight is 388 g/mol. The molecule has 0 aliphatic rings. The molecule has 0 fully saturated rings. The SMILES string of the molecule is CC(OC(=O)/C=C/c1cccc(C(F)(F)F)c1)c1nnc(-c2ccccc2)o1. The summed E-state index contributed by atoms with van der Waals surface area (Å²) < 4.78 is 48.8. The Kier molecular flexibility index (Phi) is 5.58. The topological polar surface area (TPSA) is 65.2 Å². The van der Waals surface area contributed by atoms with Gasteiger partial charge in [0, 0.05) is 11.6 Å². The smallest absolute Gasteiger partial charge is 0.416 e. The summed E-state index contributed by atoms with van der Waals surface area (Å²) in [4.78, 5) is 11.9. The van der Waals surface area contributed by atoms with Crippen LogP contribution in [0.1, 0.15) is 30.0 Å². The van der Waals surface area contributed by atoms with Crippen LogP contribution in [0.5, 0.6) is 0 Å². The van der Waals surface area contributed by atoms with E-state index in [0.29, 0.717) is 0 Å². The van der Waals surface area contributed by atoms with Gasteiger partial charge in [0.05, 0.1) is 5.56 Å². The lowest BCUT2D eigenvalue weighted by Gasteiger charge is -2.07. The van der Waals surface area contributed by atoms with Crippen LogP contribution in [0.4, 0.5) is 13.2 Å². The molecule has 0 saturated carbocycles. The summed E-state index contributed by atoms with van der Waals surface area (Å²) in [6, 6.07) is 13.7. The highest BCUT2D eigenvalue weighted by Crippen LogP contribution is 2.29. The van der Waals surface area contributed by atoms with E-state index in [4.69, 9.17) is 9.15 Å². The van der Waals surface area contributed by atoms with E-state index in [-0.39, 0.29) is 17.3 Å². The van der Waals surface area contributed by atoms with Gasteiger partial charge in [-0.1, -0.05) is 30.3 Å². The molecule has 0 N–H and O–H groups in total. The number of rotatable bonds is 5. The molecule has 0 aliphatic heterocycles. The second-order valence-corrected chi connectivity index (χ2v) is 5.85. The fourth-order valence-corrected chi connectivity index (χ4v) is 2.34. The fraction of sp³-hybridized carbons (Fsp3) is 0.150. The number of hydrogen-bond donors (Lipinski definition) is 0. The second-order valence-electron chi connectivity index (χ2n) is 5.85. The molecule has 0 radical (unpaired) electrons. The van der Waals surface area contributed by atoms with Crippen molar-refractivity contribution < 1.29 is 27.1 Å². The third kappa shape index (κ3) is 4.85. The maximum atomic E-state index is 12.7. The van der Waals surface area contributed by atoms with Crippen LogP contribution in [-0.2, 0) is 15.7 Å². The molecule has 1 atom stereocenters. The molecule has 1 heterocycles. The van der Waals surface area contributed by atoms with Gasteiger partial charge in [-0.15, -0.1) is 10.2 Å². The van der Waals surface area contributed by atoms with Crippen molar-refractivity contribution in [2.75, 3.05) is 0 Å². The Morgan fingerprint density at radius 3 is 2.57 bits per heavy atom. The highest BCUT2D eigenvalue weighted by molar-refractivity contribution is 5.87. The predicted molar refractivity (Wildman–Crippen MR) is 94.7 cm³/mol. The van der Waals surface area contributed by atoms with E-state index in [1.54, 1.807) is 19.1 Å². The van der Waals surface area contributed by atoms with Crippen molar-refractivity contribution in [3.05, 3.63) is 77.7 Å². The monoisotopic (exact) mass is 388 g/mol. The third-order valence-electron chi connectivity index (χ3n) is 3.73. The molecule has 144 valence electrons. The molecular weight excluding hydrogens is 373 g/mol. The number of alkyl halides is 3. The highest BCUT2D eigenvalue weighted by Gasteiger charge is 2.30. The molecular formula is C20H15F3N2O3. The zero-order valence-corrected chi connectivity index (χ0v) is 14.7. The Morgan fingerprint density at radius 2 is 1.86 bits per heavy atom. The van der Waals surface area contributed by atoms with Crippen molar-refractivity contribution in [3.63, 3.8) is 0 Å². The molecule has 1 unspecified atom stereocenters. The summed E-state index contributed by atoms with van der Waals surface area (Å²) in [5, 5.41) is 7.77. The van der Waals surface area contributed by atoms with Crippen LogP contribution in [0.25, 0.3) is 17.5 Å². The first-order chi connectivity index (χ1) is 13.3. The summed E-state index contributed by atoms with van der Waals surface area (Å²) in [5.74, 6) is -0.345. The number of ether oxygens (including phenoxy) is 1. The van der Waals surface area contributed by atoms with E-state index in [1.807, 2.05) is 18.2 Å². The molecule has 8 heteroatoms. The Morgan fingerprint density at radius 1 is 1.11 bits per heavy atom. The Balaban J connectivity index is 1.63. The highest BCUT2D eigenvalue weighted by atomic mass is 19.4. The quantitative estimate of drug-likeness (QED) is 0.451. The number of hydrogen-bond acceptors (Lipinski definition) is 5. The van der Waals surface area contributed by atoms with Crippen molar-refractivity contribution in [1.29, 1.82) is 0 Å². The number of nitrogens with zero attached hydrogens (tertiary/aromatic N) is 2. The number of esters is 1. The Labute approximate surface area is 158 Å². The Bertz CT molecular complexity index is 982. The van der Waals surface area contributed by atoms with Gasteiger partial charge in [0.2, 0.25) is 5.89 Å². The van der Waals surface area contributed by atoms with E-state index < -0.39 is 23.8 Å². The predicted octanol–water partition coefficient (Wildman–Crippen LogP) is 5.07. The normalized spacial score (nSPS) is 12.9. The molecule has 0 spiro atoms. The molecule has 28 heavy (non-hydrogen) atoms. The number of carbonyl (C=O) groups is 1. The minimum atomic E-state index is -4.45. The summed E-state index contributed by atoms with van der Waals surface area (Å²) >= 11 is 0. The maximum absolute atomic E-state index is 12.7. The molecule has 3 aromatic rings. The molecule has 2 aromatic carbocycles. The molecule has 0 saturated heterocycles. The van der Waals surface area contributed by atoms with Gasteiger partial charge in [0.1, 0.15) is 0 Å². The van der Waals surface area contributed by atoms with Crippen molar-refractivity contribution in [1.82, 2.24) is 10.2 Å². The van der Waals surface area contributed by atoms with E-state index in [9.17, 15) is 18.0 Å². The lowest BCUT2D eigenvalue weighted by molar-refractivity contribution is -0.143. The summed E-state index contributed by atoms with van der Waals surface area (Å²) in [6.07, 6.45) is -2.98. The number of benzene rings is 2. The minimum Gasteiger partial charge on any atom is -0.449 e. The van der Waals surface area contributed by atoms with Gasteiger partial charge in [0.15, 0.2) is 6.10 Å². The zero-order chi connectivity index (χ0) is 20.1. The van der Waals surface area contributed by atoms with Crippen LogP contribution < -0.4 is 0 Å². The van der Waals surface area contributed by atoms with Gasteiger partial charge in [-0.2, -0.15) is 13.2 Å². The Hall–Kier alpha value is -3.42. The zero-order valence-electron chi connectivity index (χ0n) is 14.7. The first kappa shape index (κ1) is 19.3. The summed E-state index contributed by atoms with van der Waals surface area (Å²) in [7, 11) is 0. The van der Waals surface area contributed by atoms with Crippen molar-refractivity contribution in [3.8, 4) is 11.5 Å². The second kappa shape index (κ2) is 8.08. The van der Waals surface area contributed by atoms with Crippen molar-refractivity contribution in [2.45, 2.75) is 19.2 Å². The van der Waals surface area contributed by atoms with Gasteiger partial charge in [0.25, 0.3) is 5.89 Å². The van der Waals surface area contributed by atoms with Crippen LogP contribution in [0.2, 0.25) is 0 Å². The standard InChI is InChI=1S/C20H15F3N2O3/c1-13(18-24-25-19(28-18)15-7-3-2-4-8-15)27-17(26)11-10-14-6-5-9-16(12-14)20(21,22)23/h2-13H,1H3/b11-10+. The van der Waals surface area contributed by atoms with Crippen LogP contribution in [0.15, 0.2) is 65.1 Å². The summed E-state index contributed by atoms with van der Waals surface area (Å²) in [6.45, 7) is 1.55. The van der Waals surface area contributed by atoms with Crippen LogP contribution >= 0.6 is 0 Å². The van der Waals surface area contributed by atoms with Crippen molar-refractivity contribution >= 4 is 12.0 Å². The molecule has 0 amide bonds. The first-order valence-corrected chi connectivity index (χ1v) is 8.28. The lowest BCUT2D eigenvalue weighted by atomic mass is 10.1. The van der Waals surface area contributed by atoms with Crippen LogP contribution in [0, 0.1) is 0 Å². The molecule has 0 bridgehead atoms. The molecule has 3 rings (SSSR count). The summed E-state index contributed by atoms with van der Waals surface area (Å²) in [5.41, 5.74) is 0.156. The van der Waals surface area contributed by atoms with Gasteiger partial charge < -0.3 is 9.15 Å². The largest absolute Gasteiger partial charge is 0.449 e. The van der Waals surface area contributed by atoms with E-state index in [1.165, 1.54) is 18.2 Å². The first-order valence-electron chi connectivity index (χ1n) is 8.28.